The Morgan fingerprint density at radius 1 is 1.06 bits per heavy atom. The van der Waals surface area contributed by atoms with E-state index in [9.17, 15) is 9.18 Å². The Morgan fingerprint density at radius 2 is 1.78 bits per heavy atom. The van der Waals surface area contributed by atoms with Crippen LogP contribution >= 0.6 is 11.6 Å². The molecule has 2 rings (SSSR count). The first kappa shape index (κ1) is 12.8. The molecule has 0 spiro atoms. The molecule has 0 amide bonds. The standard InChI is InChI=1S/C15H12ClFO/c16-15(18)9-12-7-4-8-13(14(12)10-17)11-5-2-1-3-6-11/h1-8H,9-10H2. The van der Waals surface area contributed by atoms with Gasteiger partial charge in [0.15, 0.2) is 0 Å². The molecule has 2 aromatic carbocycles. The predicted octanol–water partition coefficient (Wildman–Crippen LogP) is 4.13. The molecule has 0 aromatic heterocycles. The van der Waals surface area contributed by atoms with Crippen molar-refractivity contribution in [3.05, 3.63) is 59.7 Å². The Hall–Kier alpha value is -1.67. The van der Waals surface area contributed by atoms with E-state index in [0.29, 0.717) is 11.1 Å². The highest BCUT2D eigenvalue weighted by molar-refractivity contribution is 6.63. The van der Waals surface area contributed by atoms with E-state index in [4.69, 9.17) is 11.6 Å². The summed E-state index contributed by atoms with van der Waals surface area (Å²) in [6.45, 7) is -0.607. The number of rotatable bonds is 4. The fraction of sp³-hybridized carbons (Fsp3) is 0.133. The molecule has 0 saturated heterocycles. The Balaban J connectivity index is 2.51. The zero-order valence-corrected chi connectivity index (χ0v) is 10.5. The highest BCUT2D eigenvalue weighted by Crippen LogP contribution is 2.27. The molecule has 0 aliphatic heterocycles. The number of hydrogen-bond acceptors (Lipinski definition) is 1. The van der Waals surface area contributed by atoms with Crippen LogP contribution in [0.5, 0.6) is 0 Å². The lowest BCUT2D eigenvalue weighted by atomic mass is 9.95. The van der Waals surface area contributed by atoms with Crippen molar-refractivity contribution in [2.24, 2.45) is 0 Å². The maximum Gasteiger partial charge on any atom is 0.226 e. The lowest BCUT2D eigenvalue weighted by molar-refractivity contribution is -0.111. The normalized spacial score (nSPS) is 10.3. The summed E-state index contributed by atoms with van der Waals surface area (Å²) in [5, 5.41) is -0.477. The molecule has 0 aliphatic carbocycles. The van der Waals surface area contributed by atoms with E-state index in [1.165, 1.54) is 0 Å². The number of hydrogen-bond donors (Lipinski definition) is 0. The highest BCUT2D eigenvalue weighted by atomic mass is 35.5. The molecular weight excluding hydrogens is 251 g/mol. The van der Waals surface area contributed by atoms with Crippen molar-refractivity contribution in [1.82, 2.24) is 0 Å². The van der Waals surface area contributed by atoms with Crippen LogP contribution in [0.1, 0.15) is 11.1 Å². The van der Waals surface area contributed by atoms with Crippen LogP contribution in [-0.2, 0) is 17.9 Å². The maximum absolute atomic E-state index is 13.2. The van der Waals surface area contributed by atoms with Gasteiger partial charge in [0.05, 0.1) is 0 Å². The third-order valence-electron chi connectivity index (χ3n) is 2.82. The predicted molar refractivity (Wildman–Crippen MR) is 71.3 cm³/mol. The van der Waals surface area contributed by atoms with Crippen LogP contribution < -0.4 is 0 Å². The summed E-state index contributed by atoms with van der Waals surface area (Å²) < 4.78 is 13.2. The number of carbonyl (C=O) groups is 1. The summed E-state index contributed by atoms with van der Waals surface area (Å²) >= 11 is 5.38. The SMILES string of the molecule is O=C(Cl)Cc1cccc(-c2ccccc2)c1CF. The van der Waals surface area contributed by atoms with E-state index in [1.807, 2.05) is 42.5 Å². The van der Waals surface area contributed by atoms with E-state index in [1.54, 1.807) is 6.07 Å². The van der Waals surface area contributed by atoms with Crippen LogP contribution in [0.3, 0.4) is 0 Å². The van der Waals surface area contributed by atoms with Crippen molar-refractivity contribution >= 4 is 16.8 Å². The summed E-state index contributed by atoms with van der Waals surface area (Å²) in [7, 11) is 0. The van der Waals surface area contributed by atoms with E-state index < -0.39 is 11.9 Å². The van der Waals surface area contributed by atoms with Gasteiger partial charge in [-0.1, -0.05) is 48.5 Å². The molecule has 0 heterocycles. The van der Waals surface area contributed by atoms with E-state index in [2.05, 4.69) is 0 Å². The molecular formula is C15H12ClFO. The Morgan fingerprint density at radius 3 is 2.39 bits per heavy atom. The average molecular weight is 263 g/mol. The van der Waals surface area contributed by atoms with Gasteiger partial charge < -0.3 is 0 Å². The third kappa shape index (κ3) is 2.77. The molecule has 1 nitrogen and oxygen atoms in total. The van der Waals surface area contributed by atoms with Gasteiger partial charge in [-0.3, -0.25) is 4.79 Å². The van der Waals surface area contributed by atoms with Crippen molar-refractivity contribution in [3.63, 3.8) is 0 Å². The second-order valence-corrected chi connectivity index (χ2v) is 4.40. The fourth-order valence-corrected chi connectivity index (χ4v) is 2.14. The second kappa shape index (κ2) is 5.78. The van der Waals surface area contributed by atoms with Crippen molar-refractivity contribution in [3.8, 4) is 11.1 Å². The first-order valence-electron chi connectivity index (χ1n) is 5.63. The number of carbonyl (C=O) groups excluding carboxylic acids is 1. The molecule has 0 unspecified atom stereocenters. The van der Waals surface area contributed by atoms with Crippen LogP contribution in [0.15, 0.2) is 48.5 Å². The largest absolute Gasteiger partial charge is 0.281 e. The summed E-state index contributed by atoms with van der Waals surface area (Å²) in [5.74, 6) is 0. The highest BCUT2D eigenvalue weighted by Gasteiger charge is 2.11. The fourth-order valence-electron chi connectivity index (χ4n) is 2.00. The van der Waals surface area contributed by atoms with Gasteiger partial charge in [-0.15, -0.1) is 0 Å². The van der Waals surface area contributed by atoms with Gasteiger partial charge in [0.2, 0.25) is 5.24 Å². The third-order valence-corrected chi connectivity index (χ3v) is 2.95. The minimum Gasteiger partial charge on any atom is -0.281 e. The molecule has 0 N–H and O–H groups in total. The second-order valence-electron chi connectivity index (χ2n) is 3.97. The van der Waals surface area contributed by atoms with Gasteiger partial charge in [0.1, 0.15) is 6.67 Å². The summed E-state index contributed by atoms with van der Waals surface area (Å²) in [6.07, 6.45) is 0.0570. The van der Waals surface area contributed by atoms with Gasteiger partial charge in [0, 0.05) is 6.42 Å². The smallest absolute Gasteiger partial charge is 0.226 e. The molecule has 18 heavy (non-hydrogen) atoms. The number of halogens is 2. The molecule has 0 aliphatic rings. The molecule has 0 radical (unpaired) electrons. The molecule has 0 bridgehead atoms. The monoisotopic (exact) mass is 262 g/mol. The minimum absolute atomic E-state index is 0.0570. The van der Waals surface area contributed by atoms with Crippen molar-refractivity contribution < 1.29 is 9.18 Å². The lowest BCUT2D eigenvalue weighted by Gasteiger charge is -2.11. The lowest BCUT2D eigenvalue weighted by Crippen LogP contribution is -2.00. The first-order chi connectivity index (χ1) is 8.72. The molecule has 3 heteroatoms. The van der Waals surface area contributed by atoms with Gasteiger partial charge in [-0.05, 0) is 33.9 Å². The van der Waals surface area contributed by atoms with Crippen LogP contribution in [0.2, 0.25) is 0 Å². The van der Waals surface area contributed by atoms with Crippen molar-refractivity contribution in [2.45, 2.75) is 13.1 Å². The Bertz CT molecular complexity index is 552. The molecule has 92 valence electrons. The quantitative estimate of drug-likeness (QED) is 0.757. The maximum atomic E-state index is 13.2. The zero-order chi connectivity index (χ0) is 13.0. The first-order valence-corrected chi connectivity index (χ1v) is 6.00. The van der Waals surface area contributed by atoms with Crippen molar-refractivity contribution in [1.29, 1.82) is 0 Å². The summed E-state index contributed by atoms with van der Waals surface area (Å²) in [5.41, 5.74) is 2.94. The van der Waals surface area contributed by atoms with Crippen molar-refractivity contribution in [2.75, 3.05) is 0 Å². The molecule has 0 fully saturated rings. The van der Waals surface area contributed by atoms with Gasteiger partial charge in [-0.2, -0.15) is 0 Å². The summed E-state index contributed by atoms with van der Waals surface area (Å²) in [4.78, 5) is 11.0. The number of alkyl halides is 1. The molecule has 2 aromatic rings. The van der Waals surface area contributed by atoms with Gasteiger partial charge in [-0.25, -0.2) is 4.39 Å². The van der Waals surface area contributed by atoms with E-state index in [-0.39, 0.29) is 6.42 Å². The van der Waals surface area contributed by atoms with Gasteiger partial charge in [0.25, 0.3) is 0 Å². The Labute approximate surface area is 110 Å². The van der Waals surface area contributed by atoms with Crippen LogP contribution in [0.4, 0.5) is 4.39 Å². The number of benzene rings is 2. The van der Waals surface area contributed by atoms with Crippen LogP contribution in [0, 0.1) is 0 Å². The molecule has 0 atom stereocenters. The summed E-state index contributed by atoms with van der Waals surface area (Å²) in [6, 6.07) is 14.9. The average Bonchev–Trinajstić information content (AvgIpc) is 2.39. The van der Waals surface area contributed by atoms with Crippen LogP contribution in [0.25, 0.3) is 11.1 Å². The Kier molecular flexibility index (Phi) is 4.11. The van der Waals surface area contributed by atoms with Gasteiger partial charge >= 0.3 is 0 Å². The van der Waals surface area contributed by atoms with Crippen LogP contribution in [-0.4, -0.2) is 5.24 Å². The minimum atomic E-state index is -0.607. The molecule has 0 saturated carbocycles. The zero-order valence-electron chi connectivity index (χ0n) is 9.70. The van der Waals surface area contributed by atoms with E-state index in [0.717, 1.165) is 11.1 Å². The topological polar surface area (TPSA) is 17.1 Å². The van der Waals surface area contributed by atoms with E-state index >= 15 is 0 Å².